The first-order chi connectivity index (χ1) is 18.3. The van der Waals surface area contributed by atoms with Crippen LogP contribution in [0.15, 0.2) is 110 Å². The van der Waals surface area contributed by atoms with Gasteiger partial charge in [-0.05, 0) is 41.8 Å². The standard InChI is InChI=1S/C25H20N4O8S2/c26-15-6-5-14-11-23(39(35,36)37)24(25(31)18(14)12-15)28-27-19-9-10-29(20-4-2-1-3-17(19)20)21-8-7-16(13-22(21)30)38(32,33)34/h1-13,20,30-31H,26H2,(H,32,33,34)(H,35,36,37). The van der Waals surface area contributed by atoms with Crippen LogP contribution >= 0.6 is 0 Å². The Kier molecular flexibility index (Phi) is 6.27. The quantitative estimate of drug-likeness (QED) is 0.169. The van der Waals surface area contributed by atoms with Gasteiger partial charge >= 0.3 is 0 Å². The van der Waals surface area contributed by atoms with Gasteiger partial charge in [-0.3, -0.25) is 9.11 Å². The highest BCUT2D eigenvalue weighted by molar-refractivity contribution is 7.86. The topological polar surface area (TPSA) is 203 Å². The van der Waals surface area contributed by atoms with Crippen molar-refractivity contribution in [3.63, 3.8) is 0 Å². The molecule has 0 fully saturated rings. The molecule has 0 saturated carbocycles. The van der Waals surface area contributed by atoms with E-state index in [1.165, 1.54) is 30.3 Å². The number of allylic oxidation sites excluding steroid dienone is 3. The largest absolute Gasteiger partial charge is 0.506 e. The Morgan fingerprint density at radius 2 is 1.64 bits per heavy atom. The number of phenols is 2. The molecule has 6 N–H and O–H groups in total. The molecule has 1 aliphatic heterocycles. The second-order valence-corrected chi connectivity index (χ2v) is 11.4. The van der Waals surface area contributed by atoms with Crippen LogP contribution in [0, 0.1) is 0 Å². The number of hydrogen-bond acceptors (Lipinski definition) is 10. The lowest BCUT2D eigenvalue weighted by Gasteiger charge is -2.34. The zero-order valence-corrected chi connectivity index (χ0v) is 21.4. The fourth-order valence-electron chi connectivity index (χ4n) is 4.31. The zero-order valence-electron chi connectivity index (χ0n) is 19.7. The average molecular weight is 569 g/mol. The van der Waals surface area contributed by atoms with Gasteiger partial charge in [-0.25, -0.2) is 0 Å². The SMILES string of the molecule is Nc1ccc2cc(S(=O)(=O)O)c(N=NC3=C4C=CC=CC4N(c4ccc(S(=O)(=O)O)cc4O)C=C3)c(O)c2c1. The van der Waals surface area contributed by atoms with Gasteiger partial charge in [-0.2, -0.15) is 16.8 Å². The molecule has 0 amide bonds. The van der Waals surface area contributed by atoms with E-state index in [1.54, 1.807) is 35.4 Å². The Morgan fingerprint density at radius 1 is 0.872 bits per heavy atom. The van der Waals surface area contributed by atoms with Crippen molar-refractivity contribution in [1.82, 2.24) is 0 Å². The summed E-state index contributed by atoms with van der Waals surface area (Å²) in [4.78, 5) is 0.505. The predicted octanol–water partition coefficient (Wildman–Crippen LogP) is 4.19. The van der Waals surface area contributed by atoms with Crippen molar-refractivity contribution in [2.75, 3.05) is 10.6 Å². The molecule has 2 aliphatic rings. The normalized spacial score (nSPS) is 17.4. The second kappa shape index (κ2) is 9.36. The van der Waals surface area contributed by atoms with Gasteiger partial charge in [0.05, 0.1) is 22.3 Å². The number of nitrogen functional groups attached to an aromatic ring is 1. The van der Waals surface area contributed by atoms with E-state index in [4.69, 9.17) is 5.73 Å². The lowest BCUT2D eigenvalue weighted by Crippen LogP contribution is -2.34. The van der Waals surface area contributed by atoms with Crippen LogP contribution in [0.1, 0.15) is 0 Å². The van der Waals surface area contributed by atoms with Crippen molar-refractivity contribution < 1.29 is 36.2 Å². The first kappa shape index (κ1) is 26.1. The Balaban J connectivity index is 1.59. The molecule has 0 radical (unpaired) electrons. The van der Waals surface area contributed by atoms with E-state index in [-0.39, 0.29) is 16.8 Å². The van der Waals surface area contributed by atoms with Crippen molar-refractivity contribution in [2.45, 2.75) is 15.8 Å². The molecule has 14 heteroatoms. The minimum atomic E-state index is -4.80. The molecule has 3 aromatic carbocycles. The number of phenolic OH excluding ortho intramolecular Hbond substituents is 2. The summed E-state index contributed by atoms with van der Waals surface area (Å²) in [6.07, 6.45) is 10.00. The molecule has 12 nitrogen and oxygen atoms in total. The Labute approximate surface area is 222 Å². The molecule has 3 aromatic rings. The van der Waals surface area contributed by atoms with Crippen molar-refractivity contribution in [2.24, 2.45) is 10.2 Å². The first-order valence-corrected chi connectivity index (χ1v) is 14.0. The number of nitrogens with two attached hydrogens (primary N) is 1. The third-order valence-electron chi connectivity index (χ3n) is 6.12. The highest BCUT2D eigenvalue weighted by Crippen LogP contribution is 2.42. The van der Waals surface area contributed by atoms with Gasteiger partial charge in [0.1, 0.15) is 16.3 Å². The van der Waals surface area contributed by atoms with E-state index in [1.807, 2.05) is 0 Å². The summed E-state index contributed by atoms with van der Waals surface area (Å²) in [6, 6.07) is 8.45. The van der Waals surface area contributed by atoms with Gasteiger partial charge in [0.15, 0.2) is 5.75 Å². The second-order valence-electron chi connectivity index (χ2n) is 8.61. The van der Waals surface area contributed by atoms with Gasteiger partial charge in [-0.15, -0.1) is 10.2 Å². The van der Waals surface area contributed by atoms with Crippen LogP contribution in [0.5, 0.6) is 11.5 Å². The highest BCUT2D eigenvalue weighted by Gasteiger charge is 2.28. The minimum Gasteiger partial charge on any atom is -0.506 e. The Morgan fingerprint density at radius 3 is 2.33 bits per heavy atom. The summed E-state index contributed by atoms with van der Waals surface area (Å²) in [5.41, 5.74) is 6.72. The highest BCUT2D eigenvalue weighted by atomic mass is 32.2. The van der Waals surface area contributed by atoms with Crippen LogP contribution in [0.25, 0.3) is 10.8 Å². The number of fused-ring (bicyclic) bond motifs is 2. The number of nitrogens with zero attached hydrogens (tertiary/aromatic N) is 3. The molecule has 0 saturated heterocycles. The van der Waals surface area contributed by atoms with Gasteiger partial charge in [-0.1, -0.05) is 30.4 Å². The average Bonchev–Trinajstić information content (AvgIpc) is 2.87. The van der Waals surface area contributed by atoms with Gasteiger partial charge in [0.25, 0.3) is 20.2 Å². The van der Waals surface area contributed by atoms with Crippen LogP contribution in [-0.4, -0.2) is 42.2 Å². The third kappa shape index (κ3) is 4.88. The maximum atomic E-state index is 12.1. The van der Waals surface area contributed by atoms with Gasteiger partial charge in [0.2, 0.25) is 0 Å². The van der Waals surface area contributed by atoms with Crippen LogP contribution in [0.3, 0.4) is 0 Å². The van der Waals surface area contributed by atoms with Crippen molar-refractivity contribution in [3.8, 4) is 11.5 Å². The van der Waals surface area contributed by atoms with E-state index in [0.717, 1.165) is 18.2 Å². The molecule has 1 atom stereocenters. The number of benzene rings is 3. The summed E-state index contributed by atoms with van der Waals surface area (Å²) >= 11 is 0. The number of anilines is 2. The van der Waals surface area contributed by atoms with Crippen molar-refractivity contribution in [3.05, 3.63) is 90.3 Å². The summed E-state index contributed by atoms with van der Waals surface area (Å²) in [7, 11) is -9.32. The first-order valence-electron chi connectivity index (χ1n) is 11.1. The Bertz CT molecular complexity index is 1910. The molecule has 39 heavy (non-hydrogen) atoms. The number of rotatable bonds is 5. The molecule has 1 unspecified atom stereocenters. The fourth-order valence-corrected chi connectivity index (χ4v) is 5.47. The fraction of sp³-hybridized carbons (Fsp3) is 0.0400. The third-order valence-corrected chi connectivity index (χ3v) is 7.84. The Hall–Kier alpha value is -4.50. The van der Waals surface area contributed by atoms with Crippen LogP contribution in [0.4, 0.5) is 17.1 Å². The molecule has 200 valence electrons. The van der Waals surface area contributed by atoms with E-state index in [0.29, 0.717) is 16.6 Å². The summed E-state index contributed by atoms with van der Waals surface area (Å²) < 4.78 is 66.1. The number of aromatic hydroxyl groups is 2. The molecule has 0 bridgehead atoms. The van der Waals surface area contributed by atoms with E-state index in [2.05, 4.69) is 10.2 Å². The molecule has 1 aliphatic carbocycles. The van der Waals surface area contributed by atoms with Crippen LogP contribution in [-0.2, 0) is 20.2 Å². The molecular weight excluding hydrogens is 548 g/mol. The monoisotopic (exact) mass is 568 g/mol. The lowest BCUT2D eigenvalue weighted by molar-refractivity contribution is 0.466. The summed E-state index contributed by atoms with van der Waals surface area (Å²) in [6.45, 7) is 0. The predicted molar refractivity (Wildman–Crippen MR) is 143 cm³/mol. The van der Waals surface area contributed by atoms with Crippen molar-refractivity contribution in [1.29, 1.82) is 0 Å². The maximum Gasteiger partial charge on any atom is 0.296 e. The molecular formula is C25H20N4O8S2. The maximum absolute atomic E-state index is 12.1. The lowest BCUT2D eigenvalue weighted by atomic mass is 9.95. The number of hydrogen-bond donors (Lipinski definition) is 5. The number of azo groups is 1. The summed E-state index contributed by atoms with van der Waals surface area (Å²) in [5.74, 6) is -0.942. The molecule has 0 spiro atoms. The smallest absolute Gasteiger partial charge is 0.296 e. The van der Waals surface area contributed by atoms with E-state index in [9.17, 15) is 36.2 Å². The van der Waals surface area contributed by atoms with Gasteiger partial charge < -0.3 is 20.8 Å². The van der Waals surface area contributed by atoms with E-state index >= 15 is 0 Å². The van der Waals surface area contributed by atoms with E-state index < -0.39 is 53.3 Å². The molecule has 0 aromatic heterocycles. The molecule has 5 rings (SSSR count). The minimum absolute atomic E-state index is 0.210. The van der Waals surface area contributed by atoms with Gasteiger partial charge in [0, 0.05) is 28.9 Å². The van der Waals surface area contributed by atoms with Crippen LogP contribution < -0.4 is 10.6 Å². The zero-order chi connectivity index (χ0) is 28.1. The molecule has 1 heterocycles. The summed E-state index contributed by atoms with van der Waals surface area (Å²) in [5, 5.41) is 30.0. The van der Waals surface area contributed by atoms with Crippen molar-refractivity contribution >= 4 is 48.1 Å². The van der Waals surface area contributed by atoms with Crippen LogP contribution in [0.2, 0.25) is 0 Å².